The molecule has 0 aromatic rings. The van der Waals surface area contributed by atoms with E-state index in [9.17, 15) is 48.3 Å². The molecule has 0 aromatic heterocycles. The molecular weight excluding hydrogens is 1400 g/mol. The smallest absolute Gasteiger partial charge is 0.113 e. The van der Waals surface area contributed by atoms with Gasteiger partial charge in [-0.2, -0.15) is 0 Å². The predicted molar refractivity (Wildman–Crippen MR) is 482 cm³/mol. The molecule has 0 heterocycles. The monoisotopic (exact) mass is 1610 g/mol. The third kappa shape index (κ3) is 61.5. The van der Waals surface area contributed by atoms with Gasteiger partial charge in [-0.1, -0.05) is 320 Å². The first-order valence-electron chi connectivity index (χ1n) is 46.0. The second kappa shape index (κ2) is 66.1. The Bertz CT molecular complexity index is 1900. The van der Waals surface area contributed by atoms with Crippen molar-refractivity contribution in [1.29, 1.82) is 0 Å². The maximum absolute atomic E-state index is 14.3. The highest BCUT2D eigenvalue weighted by molar-refractivity contribution is 4.93. The molecule has 682 valence electrons. The first-order chi connectivity index (χ1) is 49.4. The van der Waals surface area contributed by atoms with Crippen LogP contribution in [0.3, 0.4) is 0 Å². The average molecular weight is 1610 g/mol. The van der Waals surface area contributed by atoms with Crippen molar-refractivity contribution in [2.24, 2.45) is 75.9 Å². The fraction of sp³-hybridized carbons (Fsp3) is 1.00. The highest BCUT2D eigenvalue weighted by Gasteiger charge is 2.43. The molecular formula is C99H209F11. The summed E-state index contributed by atoms with van der Waals surface area (Å²) in [5.41, 5.74) is -10.8. The zero-order chi connectivity index (χ0) is 90.9. The van der Waals surface area contributed by atoms with E-state index >= 15 is 0 Å². The minimum atomic E-state index is -1.00. The third-order valence-electron chi connectivity index (χ3n) is 26.5. The summed E-state index contributed by atoms with van der Waals surface area (Å²) >= 11 is 0. The first kappa shape index (κ1) is 133. The molecule has 110 heavy (non-hydrogen) atoms. The van der Waals surface area contributed by atoms with E-state index in [-0.39, 0.29) is 52.3 Å². The lowest BCUT2D eigenvalue weighted by molar-refractivity contribution is 0.00460. The van der Waals surface area contributed by atoms with Gasteiger partial charge in [-0.05, 0) is 250 Å². The maximum atomic E-state index is 14.3. The molecule has 0 saturated carbocycles. The number of rotatable bonds is 40. The molecule has 11 heteroatoms. The van der Waals surface area contributed by atoms with E-state index in [1.54, 1.807) is 76.2 Å². The van der Waals surface area contributed by atoms with Crippen molar-refractivity contribution in [3.05, 3.63) is 0 Å². The zero-order valence-corrected chi connectivity index (χ0v) is 84.1. The quantitative estimate of drug-likeness (QED) is 0.0537. The molecule has 0 spiro atoms. The Kier molecular flexibility index (Phi) is 79.7. The second-order valence-electron chi connectivity index (χ2n) is 38.2. The summed E-state index contributed by atoms with van der Waals surface area (Å²) in [6, 6.07) is 0. The largest absolute Gasteiger partial charge is 0.244 e. The Balaban J connectivity index is -0.000000109. The SMILES string of the molecule is CC(C)C(C)(F)C(C)C.CCC(C)(CC)[C@@](C)(F)CC.CCC(C)(F)CC.CCC(CC)[C@@](C)(F)CC.CCCC(C)(F)CCC.CCC[C@@](C)(F)CC.CCC[C@](C)(F)C(C(C)C)C(C)C.CCC[C@](C)(F)C(C)(CC)CC.CCC[C@](C)(F)C(CC)CC.CC[C@](C)(F)C(C(C)C)C(C)C.CC[C@](C)(F)C(C)C. The second-order valence-corrected chi connectivity index (χ2v) is 38.2. The van der Waals surface area contributed by atoms with Crippen LogP contribution in [0.25, 0.3) is 0 Å². The van der Waals surface area contributed by atoms with Crippen LogP contribution in [0.5, 0.6) is 0 Å². The Hall–Kier alpha value is -0.770. The summed E-state index contributed by atoms with van der Waals surface area (Å²) in [5.74, 6) is 2.99. The van der Waals surface area contributed by atoms with Crippen molar-refractivity contribution < 1.29 is 48.3 Å². The van der Waals surface area contributed by atoms with Gasteiger partial charge in [0.25, 0.3) is 0 Å². The van der Waals surface area contributed by atoms with Crippen molar-refractivity contribution in [2.75, 3.05) is 0 Å². The van der Waals surface area contributed by atoms with Crippen molar-refractivity contribution in [3.63, 3.8) is 0 Å². The van der Waals surface area contributed by atoms with Gasteiger partial charge in [-0.15, -0.1) is 0 Å². The Morgan fingerprint density at radius 3 is 0.573 bits per heavy atom. The molecule has 0 N–H and O–H groups in total. The summed E-state index contributed by atoms with van der Waals surface area (Å²) < 4.78 is 148. The van der Waals surface area contributed by atoms with Gasteiger partial charge in [0, 0.05) is 10.8 Å². The van der Waals surface area contributed by atoms with Crippen molar-refractivity contribution in [3.8, 4) is 0 Å². The van der Waals surface area contributed by atoms with Crippen LogP contribution >= 0.6 is 0 Å². The highest BCUT2D eigenvalue weighted by atomic mass is 19.2. The van der Waals surface area contributed by atoms with Gasteiger partial charge in [0.1, 0.15) is 62.4 Å². The van der Waals surface area contributed by atoms with Crippen LogP contribution in [0.4, 0.5) is 48.3 Å². The lowest BCUT2D eigenvalue weighted by Crippen LogP contribution is -2.39. The lowest BCUT2D eigenvalue weighted by Gasteiger charge is -2.39. The molecule has 0 saturated heterocycles. The molecule has 0 radical (unpaired) electrons. The summed E-state index contributed by atoms with van der Waals surface area (Å²) in [7, 11) is 0. The first-order valence-corrected chi connectivity index (χ1v) is 46.0. The molecule has 0 nitrogen and oxygen atoms in total. The van der Waals surface area contributed by atoms with E-state index < -0.39 is 62.4 Å². The molecule has 0 unspecified atom stereocenters. The van der Waals surface area contributed by atoms with E-state index in [4.69, 9.17) is 0 Å². The van der Waals surface area contributed by atoms with Crippen LogP contribution < -0.4 is 0 Å². The Morgan fingerprint density at radius 1 is 0.200 bits per heavy atom. The summed E-state index contributed by atoms with van der Waals surface area (Å²) in [6.45, 7) is 93.2. The summed E-state index contributed by atoms with van der Waals surface area (Å²) in [5, 5.41) is 0. The van der Waals surface area contributed by atoms with Gasteiger partial charge in [0.15, 0.2) is 0 Å². The molecule has 0 bridgehead atoms. The molecule has 0 aliphatic carbocycles. The molecule has 0 rings (SSSR count). The Labute approximate surface area is 688 Å². The number of hydrogen-bond donors (Lipinski definition) is 0. The minimum absolute atomic E-state index is 0.123. The van der Waals surface area contributed by atoms with Crippen LogP contribution in [0, 0.1) is 75.9 Å². The topological polar surface area (TPSA) is 0 Å². The van der Waals surface area contributed by atoms with Gasteiger partial charge in [-0.3, -0.25) is 0 Å². The summed E-state index contributed by atoms with van der Waals surface area (Å²) in [6.07, 6.45) is 21.8. The normalized spacial score (nSPS) is 16.4. The Morgan fingerprint density at radius 2 is 0.436 bits per heavy atom. The standard InChI is InChI=1S/C12H25F.2C11H23F.2C10H21F.C9H19F.2C8H17F.2C7H15F.C6H13F/c1-7-8-12(6,13)11(9(2)3)10(4)5;1-7-11(6,12)10(8(2)3)9(4)5;1-6-9-11(5,12)10(4,7-2)8-3;1-6-9(4,7-2)10(5,11)8-3;1-5-8-10(4,11)9(6-2)7-3;1-5-8(6-2)9(4,10)7-3;1-6(2)8(5,9)7(3)4;1-4-6-8(3,9)7-5-2;1-5-7(4,8)6(2)3;1-4-6-7(3,8)5-2;1-4-6(3,7)5-2/h9-11H,7-8H2,1-6H3;8-10H,7H2,1-6H3;6-9H2,1-5H3;6-8H2,1-5H3;9H,5-8H2,1-4H3;8H,5-7H2,1-4H3;6-7H,1-5H3;4-7H2,1-3H3;6H,5H2,1-4H3;4-6H2,1-3H3;4-5H2,1-3H3/t12-;2*11-;2*10-;9-;;;2*7-;/m000000..00./s1. The molecule has 0 fully saturated rings. The minimum Gasteiger partial charge on any atom is -0.244 e. The van der Waals surface area contributed by atoms with E-state index in [1.807, 2.05) is 132 Å². The average Bonchev–Trinajstić information content (AvgIpc) is 0.826. The third-order valence-corrected chi connectivity index (χ3v) is 26.5. The molecule has 0 aliphatic rings. The van der Waals surface area contributed by atoms with Gasteiger partial charge in [0.05, 0.1) is 0 Å². The van der Waals surface area contributed by atoms with Gasteiger partial charge in [0.2, 0.25) is 0 Å². The van der Waals surface area contributed by atoms with Crippen LogP contribution in [-0.4, -0.2) is 62.4 Å². The van der Waals surface area contributed by atoms with Crippen molar-refractivity contribution in [1.82, 2.24) is 0 Å². The van der Waals surface area contributed by atoms with Gasteiger partial charge < -0.3 is 0 Å². The predicted octanol–water partition coefficient (Wildman–Crippen LogP) is 38.9. The molecule has 0 aromatic carbocycles. The van der Waals surface area contributed by atoms with E-state index in [2.05, 4.69) is 125 Å². The molecule has 0 aliphatic heterocycles. The van der Waals surface area contributed by atoms with E-state index in [0.717, 1.165) is 89.9 Å². The van der Waals surface area contributed by atoms with Crippen LogP contribution in [0.15, 0.2) is 0 Å². The zero-order valence-electron chi connectivity index (χ0n) is 84.1. The van der Waals surface area contributed by atoms with Gasteiger partial charge in [-0.25, -0.2) is 48.3 Å². The lowest BCUT2D eigenvalue weighted by atomic mass is 9.70. The van der Waals surface area contributed by atoms with Crippen LogP contribution in [0.1, 0.15) is 506 Å². The van der Waals surface area contributed by atoms with Crippen LogP contribution in [-0.2, 0) is 0 Å². The number of hydrogen-bond acceptors (Lipinski definition) is 0. The van der Waals surface area contributed by atoms with E-state index in [1.165, 1.54) is 0 Å². The number of halogens is 11. The van der Waals surface area contributed by atoms with Crippen molar-refractivity contribution >= 4 is 0 Å². The molecule has 0 amide bonds. The fourth-order valence-corrected chi connectivity index (χ4v) is 14.8. The maximum Gasteiger partial charge on any atom is 0.113 e. The van der Waals surface area contributed by atoms with Crippen molar-refractivity contribution in [2.45, 2.75) is 568 Å². The number of alkyl halides is 11. The summed E-state index contributed by atoms with van der Waals surface area (Å²) in [4.78, 5) is 0. The van der Waals surface area contributed by atoms with Crippen LogP contribution in [0.2, 0.25) is 0 Å². The highest BCUT2D eigenvalue weighted by Crippen LogP contribution is 2.45. The molecule has 8 atom stereocenters. The van der Waals surface area contributed by atoms with E-state index in [0.29, 0.717) is 107 Å². The fourth-order valence-electron chi connectivity index (χ4n) is 14.8. The van der Waals surface area contributed by atoms with Gasteiger partial charge >= 0.3 is 0 Å².